The van der Waals surface area contributed by atoms with E-state index in [0.717, 1.165) is 40.4 Å². The van der Waals surface area contributed by atoms with Crippen LogP contribution in [0.4, 0.5) is 5.82 Å². The second kappa shape index (κ2) is 7.99. The van der Waals surface area contributed by atoms with Gasteiger partial charge in [0.15, 0.2) is 6.61 Å². The van der Waals surface area contributed by atoms with E-state index < -0.39 is 0 Å². The molecule has 0 bridgehead atoms. The van der Waals surface area contributed by atoms with E-state index in [-0.39, 0.29) is 12.5 Å². The Morgan fingerprint density at radius 3 is 2.59 bits per heavy atom. The van der Waals surface area contributed by atoms with E-state index in [1.165, 1.54) is 16.0 Å². The predicted molar refractivity (Wildman–Crippen MR) is 117 cm³/mol. The molecule has 1 fully saturated rings. The number of amides is 1. The Kier molecular flexibility index (Phi) is 5.41. The second-order valence-corrected chi connectivity index (χ2v) is 8.72. The third kappa shape index (κ3) is 3.79. The summed E-state index contributed by atoms with van der Waals surface area (Å²) in [5, 5.41) is 1.15. The average Bonchev–Trinajstić information content (AvgIpc) is 3.03. The fourth-order valence-corrected chi connectivity index (χ4v) is 4.67. The number of anilines is 1. The molecule has 0 aliphatic carbocycles. The fourth-order valence-electron chi connectivity index (χ4n) is 3.68. The van der Waals surface area contributed by atoms with Crippen LogP contribution in [-0.4, -0.2) is 53.6 Å². The number of carbonyl (C=O) groups is 1. The lowest BCUT2D eigenvalue weighted by Crippen LogP contribution is -2.50. The number of carbonyl (C=O) groups excluding carboxylic acids is 1. The Morgan fingerprint density at radius 1 is 1.07 bits per heavy atom. The van der Waals surface area contributed by atoms with Crippen LogP contribution < -0.4 is 9.64 Å². The van der Waals surface area contributed by atoms with Crippen molar-refractivity contribution in [3.8, 4) is 5.75 Å². The normalized spacial score (nSPS) is 14.5. The van der Waals surface area contributed by atoms with E-state index in [9.17, 15) is 4.79 Å². The van der Waals surface area contributed by atoms with Gasteiger partial charge in [0.05, 0.1) is 5.39 Å². The van der Waals surface area contributed by atoms with Gasteiger partial charge < -0.3 is 14.5 Å². The van der Waals surface area contributed by atoms with Gasteiger partial charge in [-0.1, -0.05) is 12.1 Å². The molecule has 0 unspecified atom stereocenters. The fraction of sp³-hybridized carbons (Fsp3) is 0.409. The van der Waals surface area contributed by atoms with Crippen molar-refractivity contribution in [3.63, 3.8) is 0 Å². The van der Waals surface area contributed by atoms with Gasteiger partial charge in [-0.2, -0.15) is 0 Å². The van der Waals surface area contributed by atoms with E-state index in [1.807, 2.05) is 36.9 Å². The van der Waals surface area contributed by atoms with Gasteiger partial charge in [-0.05, 0) is 50.5 Å². The summed E-state index contributed by atoms with van der Waals surface area (Å²) in [4.78, 5) is 28.1. The summed E-state index contributed by atoms with van der Waals surface area (Å²) in [7, 11) is 0. The van der Waals surface area contributed by atoms with Crippen LogP contribution in [0.3, 0.4) is 0 Å². The molecule has 1 aromatic carbocycles. The van der Waals surface area contributed by atoms with E-state index in [2.05, 4.69) is 28.7 Å². The largest absolute Gasteiger partial charge is 0.483 e. The molecule has 0 radical (unpaired) electrons. The first-order valence-corrected chi connectivity index (χ1v) is 10.7. The van der Waals surface area contributed by atoms with Gasteiger partial charge in [0.1, 0.15) is 22.7 Å². The molecule has 29 heavy (non-hydrogen) atoms. The molecule has 0 N–H and O–H groups in total. The van der Waals surface area contributed by atoms with Crippen LogP contribution >= 0.6 is 11.3 Å². The summed E-state index contributed by atoms with van der Waals surface area (Å²) in [5.41, 5.74) is 3.50. The summed E-state index contributed by atoms with van der Waals surface area (Å²) in [6, 6.07) is 5.92. The molecular weight excluding hydrogens is 384 g/mol. The summed E-state index contributed by atoms with van der Waals surface area (Å²) in [5.74, 6) is 1.79. The zero-order valence-electron chi connectivity index (χ0n) is 17.4. The SMILES string of the molecule is Cc1cccc(OCC(=O)N2CCN(c3ncnc4sc(C)c(C)c34)CC2)c1C. The number of nitrogens with zero attached hydrogens (tertiary/aromatic N) is 4. The van der Waals surface area contributed by atoms with Gasteiger partial charge in [0.2, 0.25) is 0 Å². The maximum atomic E-state index is 12.6. The summed E-state index contributed by atoms with van der Waals surface area (Å²) < 4.78 is 5.80. The number of aromatic nitrogens is 2. The third-order valence-corrected chi connectivity index (χ3v) is 6.90. The molecule has 2 aromatic heterocycles. The van der Waals surface area contributed by atoms with E-state index >= 15 is 0 Å². The van der Waals surface area contributed by atoms with Crippen molar-refractivity contribution >= 4 is 33.3 Å². The Morgan fingerprint density at radius 2 is 1.83 bits per heavy atom. The first kappa shape index (κ1) is 19.6. The molecule has 0 saturated carbocycles. The monoisotopic (exact) mass is 410 g/mol. The lowest BCUT2D eigenvalue weighted by molar-refractivity contribution is -0.133. The number of hydrogen-bond acceptors (Lipinski definition) is 6. The number of rotatable bonds is 4. The van der Waals surface area contributed by atoms with Gasteiger partial charge in [0.25, 0.3) is 5.91 Å². The third-order valence-electron chi connectivity index (χ3n) is 5.78. The number of thiophene rings is 1. The summed E-state index contributed by atoms with van der Waals surface area (Å²) >= 11 is 1.71. The maximum absolute atomic E-state index is 12.6. The number of piperazine rings is 1. The van der Waals surface area contributed by atoms with Crippen LogP contribution in [0, 0.1) is 27.7 Å². The molecule has 152 valence electrons. The maximum Gasteiger partial charge on any atom is 0.260 e. The average molecular weight is 411 g/mol. The first-order valence-electron chi connectivity index (χ1n) is 9.88. The number of hydrogen-bond donors (Lipinski definition) is 0. The molecular formula is C22H26N4O2S. The van der Waals surface area contributed by atoms with Crippen molar-refractivity contribution in [2.75, 3.05) is 37.7 Å². The van der Waals surface area contributed by atoms with Crippen LogP contribution in [0.25, 0.3) is 10.2 Å². The first-order chi connectivity index (χ1) is 14.0. The zero-order valence-corrected chi connectivity index (χ0v) is 18.2. The smallest absolute Gasteiger partial charge is 0.260 e. The minimum atomic E-state index is 0.0287. The molecule has 1 amide bonds. The number of aryl methyl sites for hydroxylation is 3. The second-order valence-electron chi connectivity index (χ2n) is 7.52. The highest BCUT2D eigenvalue weighted by molar-refractivity contribution is 7.18. The minimum absolute atomic E-state index is 0.0287. The van der Waals surface area contributed by atoms with Crippen LogP contribution in [-0.2, 0) is 4.79 Å². The van der Waals surface area contributed by atoms with Crippen molar-refractivity contribution < 1.29 is 9.53 Å². The van der Waals surface area contributed by atoms with Crippen LogP contribution in [0.1, 0.15) is 21.6 Å². The van der Waals surface area contributed by atoms with E-state index in [1.54, 1.807) is 17.7 Å². The van der Waals surface area contributed by atoms with Gasteiger partial charge in [0, 0.05) is 31.1 Å². The Hall–Kier alpha value is -2.67. The number of fused-ring (bicyclic) bond motifs is 1. The van der Waals surface area contributed by atoms with E-state index in [4.69, 9.17) is 4.74 Å². The summed E-state index contributed by atoms with van der Waals surface area (Å²) in [6.07, 6.45) is 1.64. The molecule has 1 aliphatic heterocycles. The summed E-state index contributed by atoms with van der Waals surface area (Å²) in [6.45, 7) is 11.2. The van der Waals surface area contributed by atoms with Crippen molar-refractivity contribution in [2.45, 2.75) is 27.7 Å². The van der Waals surface area contributed by atoms with Gasteiger partial charge in [-0.25, -0.2) is 9.97 Å². The quantitative estimate of drug-likeness (QED) is 0.657. The molecule has 3 aromatic rings. The highest BCUT2D eigenvalue weighted by Gasteiger charge is 2.24. The molecule has 1 saturated heterocycles. The van der Waals surface area contributed by atoms with Crippen molar-refractivity contribution in [1.29, 1.82) is 0 Å². The van der Waals surface area contributed by atoms with Crippen molar-refractivity contribution in [1.82, 2.24) is 14.9 Å². The van der Waals surface area contributed by atoms with Crippen molar-refractivity contribution in [2.24, 2.45) is 0 Å². The Labute approximate surface area is 175 Å². The van der Waals surface area contributed by atoms with Crippen LogP contribution in [0.2, 0.25) is 0 Å². The highest BCUT2D eigenvalue weighted by Crippen LogP contribution is 2.34. The molecule has 7 heteroatoms. The lowest BCUT2D eigenvalue weighted by Gasteiger charge is -2.35. The lowest BCUT2D eigenvalue weighted by atomic mass is 10.1. The zero-order chi connectivity index (χ0) is 20.5. The molecule has 4 rings (SSSR count). The minimum Gasteiger partial charge on any atom is -0.483 e. The number of benzene rings is 1. The predicted octanol–water partition coefficient (Wildman–Crippen LogP) is 3.65. The van der Waals surface area contributed by atoms with Crippen LogP contribution in [0.5, 0.6) is 5.75 Å². The topological polar surface area (TPSA) is 58.6 Å². The van der Waals surface area contributed by atoms with Crippen LogP contribution in [0.15, 0.2) is 24.5 Å². The van der Waals surface area contributed by atoms with Gasteiger partial charge in [-0.15, -0.1) is 11.3 Å². The van der Waals surface area contributed by atoms with Gasteiger partial charge in [-0.3, -0.25) is 4.79 Å². The molecule has 1 aliphatic rings. The molecule has 6 nitrogen and oxygen atoms in total. The number of ether oxygens (including phenoxy) is 1. The standard InChI is InChI=1S/C22H26N4O2S/c1-14-6-5-7-18(15(14)2)28-12-19(27)25-8-10-26(11-9-25)21-20-16(3)17(4)29-22(20)24-13-23-21/h5-7,13H,8-12H2,1-4H3. The highest BCUT2D eigenvalue weighted by atomic mass is 32.1. The van der Waals surface area contributed by atoms with E-state index in [0.29, 0.717) is 13.1 Å². The molecule has 0 spiro atoms. The Bertz CT molecular complexity index is 1050. The molecule has 0 atom stereocenters. The van der Waals surface area contributed by atoms with Gasteiger partial charge >= 0.3 is 0 Å². The van der Waals surface area contributed by atoms with Crippen molar-refractivity contribution in [3.05, 3.63) is 46.1 Å². The molecule has 3 heterocycles. The Balaban J connectivity index is 1.39.